The first-order chi connectivity index (χ1) is 6.32. The van der Waals surface area contributed by atoms with Crippen molar-refractivity contribution in [1.82, 2.24) is 0 Å². The minimum Gasteiger partial charge on any atom is -0.467 e. The van der Waals surface area contributed by atoms with Crippen molar-refractivity contribution in [3.05, 3.63) is 23.7 Å². The molecule has 0 aliphatic carbocycles. The van der Waals surface area contributed by atoms with Crippen molar-refractivity contribution in [2.24, 2.45) is 5.73 Å². The van der Waals surface area contributed by atoms with Gasteiger partial charge in [0.2, 0.25) is 0 Å². The highest BCUT2D eigenvalue weighted by Crippen LogP contribution is 2.32. The molecule has 0 aromatic carbocycles. The Labute approximate surface area is 79.9 Å². The third-order valence-corrected chi connectivity index (χ3v) is 1.97. The first-order valence-electron chi connectivity index (χ1n) is 4.23. The molecule has 5 heteroatoms. The molecule has 1 atom stereocenters. The molecule has 0 saturated carbocycles. The van der Waals surface area contributed by atoms with Crippen LogP contribution in [0.4, 0.5) is 13.2 Å². The van der Waals surface area contributed by atoms with Gasteiger partial charge in [-0.2, -0.15) is 13.2 Å². The molecule has 1 rings (SSSR count). The zero-order valence-corrected chi connectivity index (χ0v) is 7.93. The lowest BCUT2D eigenvalue weighted by Gasteiger charge is -2.12. The van der Waals surface area contributed by atoms with Gasteiger partial charge in [-0.3, -0.25) is 0 Å². The van der Waals surface area contributed by atoms with Crippen molar-refractivity contribution in [3.63, 3.8) is 0 Å². The number of alkyl halides is 3. The van der Waals surface area contributed by atoms with Crippen molar-refractivity contribution in [2.45, 2.75) is 32.0 Å². The highest BCUT2D eigenvalue weighted by Gasteiger charge is 2.40. The maximum atomic E-state index is 12.2. The van der Waals surface area contributed by atoms with Crippen molar-refractivity contribution < 1.29 is 17.6 Å². The lowest BCUT2D eigenvalue weighted by molar-refractivity contribution is -0.152. The molecule has 80 valence electrons. The number of hydrogen-bond donors (Lipinski definition) is 1. The van der Waals surface area contributed by atoms with Gasteiger partial charge in [-0.25, -0.2) is 0 Å². The highest BCUT2D eigenvalue weighted by atomic mass is 19.4. The van der Waals surface area contributed by atoms with Gasteiger partial charge in [0.15, 0.2) is 6.04 Å². The Balaban J connectivity index is 2.87. The Kier molecular flexibility index (Phi) is 2.89. The summed E-state index contributed by atoms with van der Waals surface area (Å²) in [6, 6.07) is -0.682. The van der Waals surface area contributed by atoms with Gasteiger partial charge < -0.3 is 10.2 Å². The summed E-state index contributed by atoms with van der Waals surface area (Å²) in [7, 11) is 0. The fourth-order valence-corrected chi connectivity index (χ4v) is 0.996. The Morgan fingerprint density at radius 2 is 1.93 bits per heavy atom. The highest BCUT2D eigenvalue weighted by molar-refractivity contribution is 5.19. The van der Waals surface area contributed by atoms with Gasteiger partial charge in [0.25, 0.3) is 0 Å². The zero-order chi connectivity index (χ0) is 10.9. The molecule has 0 radical (unpaired) electrons. The van der Waals surface area contributed by atoms with E-state index >= 15 is 0 Å². The van der Waals surface area contributed by atoms with Gasteiger partial charge in [0, 0.05) is 0 Å². The molecule has 1 aromatic heterocycles. The average molecular weight is 207 g/mol. The predicted molar refractivity (Wildman–Crippen MR) is 45.8 cm³/mol. The van der Waals surface area contributed by atoms with Crippen LogP contribution in [0.1, 0.15) is 37.1 Å². The first-order valence-corrected chi connectivity index (χ1v) is 4.23. The van der Waals surface area contributed by atoms with Crippen molar-refractivity contribution in [3.8, 4) is 0 Å². The van der Waals surface area contributed by atoms with Gasteiger partial charge in [0.05, 0.1) is 6.26 Å². The van der Waals surface area contributed by atoms with Gasteiger partial charge >= 0.3 is 6.18 Å². The molecule has 0 saturated heterocycles. The summed E-state index contributed by atoms with van der Waals surface area (Å²) in [5, 5.41) is 0. The summed E-state index contributed by atoms with van der Waals surface area (Å²) in [4.78, 5) is 0. The molecule has 0 aliphatic rings. The third-order valence-electron chi connectivity index (χ3n) is 1.97. The van der Waals surface area contributed by atoms with Crippen LogP contribution in [0.2, 0.25) is 0 Å². The number of furan rings is 1. The second-order valence-electron chi connectivity index (χ2n) is 3.46. The van der Waals surface area contributed by atoms with E-state index in [1.807, 2.05) is 13.8 Å². The van der Waals surface area contributed by atoms with Crippen LogP contribution in [0.25, 0.3) is 0 Å². The van der Waals surface area contributed by atoms with Crippen LogP contribution in [-0.4, -0.2) is 6.18 Å². The zero-order valence-electron chi connectivity index (χ0n) is 7.93. The topological polar surface area (TPSA) is 39.2 Å². The lowest BCUT2D eigenvalue weighted by atomic mass is 10.1. The molecule has 1 unspecified atom stereocenters. The van der Waals surface area contributed by atoms with Crippen LogP contribution >= 0.6 is 0 Å². The van der Waals surface area contributed by atoms with E-state index in [2.05, 4.69) is 0 Å². The third kappa shape index (κ3) is 2.29. The molecule has 2 nitrogen and oxygen atoms in total. The van der Waals surface area contributed by atoms with E-state index in [1.165, 1.54) is 12.3 Å². The van der Waals surface area contributed by atoms with Crippen LogP contribution in [0.15, 0.2) is 16.7 Å². The average Bonchev–Trinajstić information content (AvgIpc) is 2.48. The monoisotopic (exact) mass is 207 g/mol. The van der Waals surface area contributed by atoms with Crippen molar-refractivity contribution >= 4 is 0 Å². The summed E-state index contributed by atoms with van der Waals surface area (Å²) < 4.78 is 41.2. The fraction of sp³-hybridized carbons (Fsp3) is 0.556. The molecule has 0 bridgehead atoms. The number of rotatable bonds is 2. The molecule has 0 aliphatic heterocycles. The van der Waals surface area contributed by atoms with E-state index < -0.39 is 12.2 Å². The van der Waals surface area contributed by atoms with E-state index in [1.54, 1.807) is 0 Å². The number of hydrogen-bond acceptors (Lipinski definition) is 2. The Bertz CT molecular complexity index is 303. The minimum atomic E-state index is -4.45. The Morgan fingerprint density at radius 3 is 2.29 bits per heavy atom. The number of halogens is 3. The van der Waals surface area contributed by atoms with Crippen LogP contribution in [0.3, 0.4) is 0 Å². The van der Waals surface area contributed by atoms with Crippen molar-refractivity contribution in [1.29, 1.82) is 0 Å². The normalized spacial score (nSPS) is 14.8. The molecule has 2 N–H and O–H groups in total. The molecule has 0 fully saturated rings. The Morgan fingerprint density at radius 1 is 1.36 bits per heavy atom. The SMILES string of the molecule is CC(C)c1coc(C(N)C(F)(F)F)c1. The second-order valence-corrected chi connectivity index (χ2v) is 3.46. The summed E-state index contributed by atoms with van der Waals surface area (Å²) >= 11 is 0. The van der Waals surface area contributed by atoms with Gasteiger partial charge in [0.1, 0.15) is 5.76 Å². The smallest absolute Gasteiger partial charge is 0.410 e. The van der Waals surface area contributed by atoms with Crippen LogP contribution < -0.4 is 5.73 Å². The molecule has 14 heavy (non-hydrogen) atoms. The van der Waals surface area contributed by atoms with Crippen molar-refractivity contribution in [2.75, 3.05) is 0 Å². The maximum Gasteiger partial charge on any atom is 0.410 e. The fourth-order valence-electron chi connectivity index (χ4n) is 0.996. The Hall–Kier alpha value is -0.970. The van der Waals surface area contributed by atoms with E-state index in [9.17, 15) is 13.2 Å². The molecular weight excluding hydrogens is 195 g/mol. The summed E-state index contributed by atoms with van der Waals surface area (Å²) in [6.07, 6.45) is -3.14. The van der Waals surface area contributed by atoms with E-state index in [0.29, 0.717) is 0 Å². The van der Waals surface area contributed by atoms with Crippen LogP contribution in [0, 0.1) is 0 Å². The van der Waals surface area contributed by atoms with E-state index in [0.717, 1.165) is 5.56 Å². The second kappa shape index (κ2) is 3.65. The predicted octanol–water partition coefficient (Wildman–Crippen LogP) is 2.97. The van der Waals surface area contributed by atoms with Gasteiger partial charge in [-0.1, -0.05) is 13.8 Å². The minimum absolute atomic E-state index is 0.132. The van der Waals surface area contributed by atoms with E-state index in [4.69, 9.17) is 10.2 Å². The summed E-state index contributed by atoms with van der Waals surface area (Å²) in [6.45, 7) is 3.74. The summed E-state index contributed by atoms with van der Waals surface area (Å²) in [5.41, 5.74) is 5.69. The van der Waals surface area contributed by atoms with E-state index in [-0.39, 0.29) is 11.7 Å². The largest absolute Gasteiger partial charge is 0.467 e. The quantitative estimate of drug-likeness (QED) is 0.809. The molecule has 1 heterocycles. The lowest BCUT2D eigenvalue weighted by Crippen LogP contribution is -2.27. The van der Waals surface area contributed by atoms with Crippen LogP contribution in [-0.2, 0) is 0 Å². The maximum absolute atomic E-state index is 12.2. The molecular formula is C9H12F3NO. The first kappa shape index (κ1) is 11.1. The standard InChI is InChI=1S/C9H12F3NO/c1-5(2)6-3-7(14-4-6)8(13)9(10,11)12/h3-5,8H,13H2,1-2H3. The number of nitrogens with two attached hydrogens (primary N) is 1. The molecule has 1 aromatic rings. The molecule has 0 spiro atoms. The van der Waals surface area contributed by atoms with Gasteiger partial charge in [-0.15, -0.1) is 0 Å². The molecule has 0 amide bonds. The van der Waals surface area contributed by atoms with Gasteiger partial charge in [-0.05, 0) is 17.5 Å². The van der Waals surface area contributed by atoms with Crippen LogP contribution in [0.5, 0.6) is 0 Å². The summed E-state index contributed by atoms with van der Waals surface area (Å²) in [5.74, 6) is -0.103.